The summed E-state index contributed by atoms with van der Waals surface area (Å²) in [6.45, 7) is 3.88. The highest BCUT2D eigenvalue weighted by Crippen LogP contribution is 2.35. The summed E-state index contributed by atoms with van der Waals surface area (Å²) in [7, 11) is 1.57. The zero-order chi connectivity index (χ0) is 11.6. The van der Waals surface area contributed by atoms with Gasteiger partial charge < -0.3 is 15.6 Å². The normalized spacial score (nSPS) is 12.7. The number of halogens is 1. The molecule has 15 heavy (non-hydrogen) atoms. The number of rotatable bonds is 3. The molecule has 0 aliphatic rings. The monoisotopic (exact) mass is 229 g/mol. The van der Waals surface area contributed by atoms with Crippen molar-refractivity contribution in [2.24, 2.45) is 5.73 Å². The molecule has 1 rings (SSSR count). The number of aliphatic hydroxyl groups excluding tert-OH is 1. The summed E-state index contributed by atoms with van der Waals surface area (Å²) < 4.78 is 5.26. The third kappa shape index (κ3) is 2.25. The smallest absolute Gasteiger partial charge is 0.127 e. The number of nitrogens with two attached hydrogens (primary N) is 1. The molecule has 1 aromatic rings. The van der Waals surface area contributed by atoms with E-state index in [9.17, 15) is 5.11 Å². The maximum atomic E-state index is 9.81. The Morgan fingerprint density at radius 3 is 2.60 bits per heavy atom. The summed E-state index contributed by atoms with van der Waals surface area (Å²) in [5.41, 5.74) is 7.85. The molecule has 84 valence electrons. The molecular weight excluding hydrogens is 214 g/mol. The van der Waals surface area contributed by atoms with Crippen molar-refractivity contribution in [2.75, 3.05) is 13.7 Å². The van der Waals surface area contributed by atoms with Crippen LogP contribution in [0.1, 0.15) is 22.8 Å². The van der Waals surface area contributed by atoms with Gasteiger partial charge in [-0.1, -0.05) is 11.6 Å². The van der Waals surface area contributed by atoms with Gasteiger partial charge in [-0.05, 0) is 31.0 Å². The van der Waals surface area contributed by atoms with Gasteiger partial charge in [0.2, 0.25) is 0 Å². The van der Waals surface area contributed by atoms with Gasteiger partial charge in [-0.25, -0.2) is 0 Å². The molecule has 4 heteroatoms. The van der Waals surface area contributed by atoms with Crippen molar-refractivity contribution in [1.29, 1.82) is 0 Å². The van der Waals surface area contributed by atoms with Crippen LogP contribution in [0.3, 0.4) is 0 Å². The van der Waals surface area contributed by atoms with E-state index in [1.54, 1.807) is 7.11 Å². The zero-order valence-electron chi connectivity index (χ0n) is 9.17. The van der Waals surface area contributed by atoms with Crippen molar-refractivity contribution in [3.8, 4) is 5.75 Å². The topological polar surface area (TPSA) is 55.5 Å². The second-order valence-electron chi connectivity index (χ2n) is 3.50. The molecule has 0 aromatic heterocycles. The van der Waals surface area contributed by atoms with Crippen LogP contribution in [-0.4, -0.2) is 18.8 Å². The summed E-state index contributed by atoms with van der Waals surface area (Å²) in [6, 6.07) is 1.82. The summed E-state index contributed by atoms with van der Waals surface area (Å²) in [5, 5.41) is 10.4. The maximum Gasteiger partial charge on any atom is 0.127 e. The first-order chi connectivity index (χ1) is 7.02. The summed E-state index contributed by atoms with van der Waals surface area (Å²) in [5.74, 6) is 0.662. The van der Waals surface area contributed by atoms with Gasteiger partial charge in [0, 0.05) is 17.1 Å². The van der Waals surface area contributed by atoms with Gasteiger partial charge in [0.05, 0.1) is 13.2 Å². The lowest BCUT2D eigenvalue weighted by Crippen LogP contribution is -2.14. The van der Waals surface area contributed by atoms with Crippen LogP contribution in [0.25, 0.3) is 0 Å². The van der Waals surface area contributed by atoms with Gasteiger partial charge in [-0.3, -0.25) is 0 Å². The average Bonchev–Trinajstić information content (AvgIpc) is 2.21. The molecule has 0 saturated carbocycles. The van der Waals surface area contributed by atoms with Crippen LogP contribution in [0, 0.1) is 13.8 Å². The van der Waals surface area contributed by atoms with Crippen LogP contribution in [0.4, 0.5) is 0 Å². The lowest BCUT2D eigenvalue weighted by molar-refractivity contribution is 0.181. The lowest BCUT2D eigenvalue weighted by Gasteiger charge is -2.19. The second-order valence-corrected chi connectivity index (χ2v) is 3.91. The summed E-state index contributed by atoms with van der Waals surface area (Å²) in [4.78, 5) is 0. The van der Waals surface area contributed by atoms with E-state index in [1.165, 1.54) is 0 Å². The van der Waals surface area contributed by atoms with Gasteiger partial charge in [0.15, 0.2) is 0 Å². The van der Waals surface area contributed by atoms with Crippen LogP contribution in [0.15, 0.2) is 6.07 Å². The van der Waals surface area contributed by atoms with Gasteiger partial charge in [0.25, 0.3) is 0 Å². The lowest BCUT2D eigenvalue weighted by atomic mass is 9.99. The Morgan fingerprint density at radius 2 is 2.13 bits per heavy atom. The van der Waals surface area contributed by atoms with E-state index < -0.39 is 6.10 Å². The van der Waals surface area contributed by atoms with E-state index >= 15 is 0 Å². The van der Waals surface area contributed by atoms with Crippen molar-refractivity contribution in [3.63, 3.8) is 0 Å². The molecule has 1 atom stereocenters. The van der Waals surface area contributed by atoms with Gasteiger partial charge in [-0.15, -0.1) is 0 Å². The summed E-state index contributed by atoms with van der Waals surface area (Å²) >= 11 is 6.04. The molecule has 0 aliphatic heterocycles. The zero-order valence-corrected chi connectivity index (χ0v) is 9.93. The second kappa shape index (κ2) is 4.84. The van der Waals surface area contributed by atoms with Crippen molar-refractivity contribution in [1.82, 2.24) is 0 Å². The first-order valence-electron chi connectivity index (χ1n) is 4.74. The predicted octanol–water partition coefficient (Wildman–Crippen LogP) is 1.96. The molecule has 0 saturated heterocycles. The molecule has 1 aromatic carbocycles. The predicted molar refractivity (Wildman–Crippen MR) is 61.5 cm³/mol. The summed E-state index contributed by atoms with van der Waals surface area (Å²) in [6.07, 6.45) is -0.739. The average molecular weight is 230 g/mol. The van der Waals surface area contributed by atoms with Gasteiger partial charge >= 0.3 is 0 Å². The molecule has 0 radical (unpaired) electrons. The van der Waals surface area contributed by atoms with Crippen LogP contribution < -0.4 is 10.5 Å². The molecule has 0 amide bonds. The number of hydrogen-bond donors (Lipinski definition) is 2. The fraction of sp³-hybridized carbons (Fsp3) is 0.455. The molecule has 1 unspecified atom stereocenters. The molecule has 3 nitrogen and oxygen atoms in total. The third-order valence-electron chi connectivity index (χ3n) is 2.47. The van der Waals surface area contributed by atoms with Gasteiger partial charge in [-0.2, -0.15) is 0 Å². The highest BCUT2D eigenvalue weighted by atomic mass is 35.5. The Bertz CT molecular complexity index is 366. The SMILES string of the molecule is COc1c(C)cc(Cl)c(C)c1C(O)CN. The number of aryl methyl sites for hydroxylation is 1. The van der Waals surface area contributed by atoms with E-state index in [1.807, 2.05) is 19.9 Å². The van der Waals surface area contributed by atoms with Crippen molar-refractivity contribution in [2.45, 2.75) is 20.0 Å². The first-order valence-corrected chi connectivity index (χ1v) is 5.12. The number of methoxy groups -OCH3 is 1. The van der Waals surface area contributed by atoms with E-state index in [0.29, 0.717) is 16.3 Å². The standard InChI is InChI=1S/C11H16ClNO2/c1-6-4-8(12)7(2)10(9(14)5-13)11(6)15-3/h4,9,14H,5,13H2,1-3H3. The first kappa shape index (κ1) is 12.3. The van der Waals surface area contributed by atoms with Crippen LogP contribution >= 0.6 is 11.6 Å². The van der Waals surface area contributed by atoms with Crippen LogP contribution in [-0.2, 0) is 0 Å². The molecule has 0 fully saturated rings. The van der Waals surface area contributed by atoms with Crippen LogP contribution in [0.2, 0.25) is 5.02 Å². The fourth-order valence-corrected chi connectivity index (χ4v) is 1.93. The minimum Gasteiger partial charge on any atom is -0.496 e. The van der Waals surface area contributed by atoms with Crippen molar-refractivity contribution in [3.05, 3.63) is 27.8 Å². The largest absolute Gasteiger partial charge is 0.496 e. The number of hydrogen-bond acceptors (Lipinski definition) is 3. The molecule has 0 spiro atoms. The molecule has 3 N–H and O–H groups in total. The Morgan fingerprint density at radius 1 is 1.53 bits per heavy atom. The fourth-order valence-electron chi connectivity index (χ4n) is 1.67. The molecular formula is C11H16ClNO2. The minimum atomic E-state index is -0.739. The number of ether oxygens (including phenoxy) is 1. The molecule has 0 heterocycles. The Kier molecular flexibility index (Phi) is 3.97. The third-order valence-corrected chi connectivity index (χ3v) is 2.86. The highest BCUT2D eigenvalue weighted by molar-refractivity contribution is 6.31. The van der Waals surface area contributed by atoms with Crippen molar-refractivity contribution >= 4 is 11.6 Å². The van der Waals surface area contributed by atoms with Gasteiger partial charge in [0.1, 0.15) is 5.75 Å². The van der Waals surface area contributed by atoms with E-state index in [0.717, 1.165) is 11.1 Å². The van der Waals surface area contributed by atoms with Crippen molar-refractivity contribution < 1.29 is 9.84 Å². The molecule has 0 aliphatic carbocycles. The van der Waals surface area contributed by atoms with E-state index in [-0.39, 0.29) is 6.54 Å². The molecule has 0 bridgehead atoms. The minimum absolute atomic E-state index is 0.150. The number of aliphatic hydroxyl groups is 1. The van der Waals surface area contributed by atoms with Crippen LogP contribution in [0.5, 0.6) is 5.75 Å². The quantitative estimate of drug-likeness (QED) is 0.833. The maximum absolute atomic E-state index is 9.81. The van der Waals surface area contributed by atoms with E-state index in [2.05, 4.69) is 0 Å². The number of benzene rings is 1. The Hall–Kier alpha value is -0.770. The highest BCUT2D eigenvalue weighted by Gasteiger charge is 2.18. The van der Waals surface area contributed by atoms with E-state index in [4.69, 9.17) is 22.1 Å². The Labute approximate surface area is 94.8 Å². The Balaban J connectivity index is 3.43.